The molecule has 1 aliphatic heterocycles. The quantitative estimate of drug-likeness (QED) is 0.846. The SMILES string of the molecule is CC(C)N1CCC(CNC2CC3CCC2(C)C3(C)C)C1. The second kappa shape index (κ2) is 4.98. The van der Waals surface area contributed by atoms with E-state index in [4.69, 9.17) is 0 Å². The molecule has 2 nitrogen and oxygen atoms in total. The highest BCUT2D eigenvalue weighted by Crippen LogP contribution is 2.65. The molecule has 20 heavy (non-hydrogen) atoms. The van der Waals surface area contributed by atoms with Crippen molar-refractivity contribution in [2.24, 2.45) is 22.7 Å². The van der Waals surface area contributed by atoms with Crippen molar-refractivity contribution >= 4 is 0 Å². The minimum absolute atomic E-state index is 0.536. The zero-order valence-electron chi connectivity index (χ0n) is 14.2. The third-order valence-electron chi connectivity index (χ3n) is 7.49. The maximum absolute atomic E-state index is 3.98. The first kappa shape index (κ1) is 14.8. The summed E-state index contributed by atoms with van der Waals surface area (Å²) in [5.41, 5.74) is 1.08. The smallest absolute Gasteiger partial charge is 0.0129 e. The zero-order chi connectivity index (χ0) is 14.5. The van der Waals surface area contributed by atoms with Gasteiger partial charge in [-0.25, -0.2) is 0 Å². The van der Waals surface area contributed by atoms with Gasteiger partial charge in [-0.05, 0) is 75.3 Å². The molecule has 3 rings (SSSR count). The minimum atomic E-state index is 0.536. The second-order valence-corrected chi connectivity index (χ2v) is 8.81. The number of nitrogens with one attached hydrogen (secondary N) is 1. The van der Waals surface area contributed by atoms with E-state index in [1.807, 2.05) is 0 Å². The van der Waals surface area contributed by atoms with Crippen molar-refractivity contribution in [3.63, 3.8) is 0 Å². The molecule has 1 saturated heterocycles. The van der Waals surface area contributed by atoms with Gasteiger partial charge in [-0.3, -0.25) is 0 Å². The summed E-state index contributed by atoms with van der Waals surface area (Å²) in [6, 6.07) is 1.49. The Bertz CT molecular complexity index is 362. The zero-order valence-corrected chi connectivity index (χ0v) is 14.2. The summed E-state index contributed by atoms with van der Waals surface area (Å²) in [6.45, 7) is 16.1. The molecule has 0 radical (unpaired) electrons. The molecule has 3 aliphatic rings. The summed E-state index contributed by atoms with van der Waals surface area (Å²) < 4.78 is 0. The maximum Gasteiger partial charge on any atom is 0.0129 e. The van der Waals surface area contributed by atoms with Gasteiger partial charge in [0, 0.05) is 18.6 Å². The van der Waals surface area contributed by atoms with Crippen molar-refractivity contribution in [2.75, 3.05) is 19.6 Å². The largest absolute Gasteiger partial charge is 0.313 e. The molecule has 0 aromatic carbocycles. The van der Waals surface area contributed by atoms with Gasteiger partial charge in [-0.15, -0.1) is 0 Å². The summed E-state index contributed by atoms with van der Waals surface area (Å²) in [5.74, 6) is 1.84. The number of nitrogens with zero attached hydrogens (tertiary/aromatic N) is 1. The summed E-state index contributed by atoms with van der Waals surface area (Å²) in [7, 11) is 0. The van der Waals surface area contributed by atoms with Crippen LogP contribution in [0, 0.1) is 22.7 Å². The summed E-state index contributed by atoms with van der Waals surface area (Å²) >= 11 is 0. The Balaban J connectivity index is 1.54. The van der Waals surface area contributed by atoms with E-state index in [0.717, 1.165) is 23.9 Å². The highest BCUT2D eigenvalue weighted by molar-refractivity contribution is 5.13. The molecule has 116 valence electrons. The van der Waals surface area contributed by atoms with Crippen LogP contribution in [0.4, 0.5) is 0 Å². The molecule has 0 aromatic heterocycles. The van der Waals surface area contributed by atoms with Crippen molar-refractivity contribution in [2.45, 2.75) is 72.4 Å². The number of rotatable bonds is 4. The molecule has 0 amide bonds. The van der Waals surface area contributed by atoms with Crippen LogP contribution in [0.3, 0.4) is 0 Å². The van der Waals surface area contributed by atoms with Gasteiger partial charge >= 0.3 is 0 Å². The van der Waals surface area contributed by atoms with E-state index in [1.165, 1.54) is 45.3 Å². The summed E-state index contributed by atoms with van der Waals surface area (Å²) in [5, 5.41) is 3.98. The average Bonchev–Trinajstić information content (AvgIpc) is 2.98. The van der Waals surface area contributed by atoms with Crippen molar-refractivity contribution in [3.8, 4) is 0 Å². The normalized spacial score (nSPS) is 43.8. The third kappa shape index (κ3) is 2.14. The van der Waals surface area contributed by atoms with Crippen LogP contribution in [-0.2, 0) is 0 Å². The highest BCUT2D eigenvalue weighted by atomic mass is 15.2. The van der Waals surface area contributed by atoms with E-state index in [-0.39, 0.29) is 0 Å². The van der Waals surface area contributed by atoms with Crippen LogP contribution in [0.2, 0.25) is 0 Å². The Hall–Kier alpha value is -0.0800. The lowest BCUT2D eigenvalue weighted by molar-refractivity contribution is 0.119. The molecule has 2 saturated carbocycles. The number of hydrogen-bond donors (Lipinski definition) is 1. The Morgan fingerprint density at radius 2 is 1.95 bits per heavy atom. The van der Waals surface area contributed by atoms with Crippen molar-refractivity contribution in [3.05, 3.63) is 0 Å². The molecular formula is C18H34N2. The van der Waals surface area contributed by atoms with E-state index >= 15 is 0 Å². The van der Waals surface area contributed by atoms with E-state index in [0.29, 0.717) is 10.8 Å². The first-order chi connectivity index (χ1) is 9.34. The lowest BCUT2D eigenvalue weighted by Crippen LogP contribution is -2.46. The number of likely N-dealkylation sites (tertiary alicyclic amines) is 1. The first-order valence-electron chi connectivity index (χ1n) is 8.82. The monoisotopic (exact) mass is 278 g/mol. The minimum Gasteiger partial charge on any atom is -0.313 e. The number of hydrogen-bond acceptors (Lipinski definition) is 2. The second-order valence-electron chi connectivity index (χ2n) is 8.81. The van der Waals surface area contributed by atoms with Crippen molar-refractivity contribution in [1.29, 1.82) is 0 Å². The van der Waals surface area contributed by atoms with Gasteiger partial charge in [0.05, 0.1) is 0 Å². The number of fused-ring (bicyclic) bond motifs is 2. The Morgan fingerprint density at radius 1 is 1.20 bits per heavy atom. The van der Waals surface area contributed by atoms with Crippen LogP contribution < -0.4 is 5.32 Å². The third-order valence-corrected chi connectivity index (χ3v) is 7.49. The van der Waals surface area contributed by atoms with E-state index < -0.39 is 0 Å². The molecule has 2 aliphatic carbocycles. The molecule has 4 atom stereocenters. The van der Waals surface area contributed by atoms with Crippen LogP contribution in [0.15, 0.2) is 0 Å². The van der Waals surface area contributed by atoms with Crippen LogP contribution >= 0.6 is 0 Å². The Morgan fingerprint density at radius 3 is 2.45 bits per heavy atom. The molecule has 1 N–H and O–H groups in total. The maximum atomic E-state index is 3.98. The van der Waals surface area contributed by atoms with Gasteiger partial charge in [0.15, 0.2) is 0 Å². The summed E-state index contributed by atoms with van der Waals surface area (Å²) in [4.78, 5) is 2.64. The van der Waals surface area contributed by atoms with Crippen LogP contribution in [0.1, 0.15) is 60.3 Å². The van der Waals surface area contributed by atoms with Crippen LogP contribution in [-0.4, -0.2) is 36.6 Å². The molecular weight excluding hydrogens is 244 g/mol. The molecule has 2 heteroatoms. The Kier molecular flexibility index (Phi) is 3.70. The molecule has 1 heterocycles. The van der Waals surface area contributed by atoms with Crippen molar-refractivity contribution < 1.29 is 0 Å². The fraction of sp³-hybridized carbons (Fsp3) is 1.00. The van der Waals surface area contributed by atoms with Crippen molar-refractivity contribution in [1.82, 2.24) is 10.2 Å². The molecule has 0 aromatic rings. The predicted octanol–water partition coefficient (Wildman–Crippen LogP) is 3.52. The van der Waals surface area contributed by atoms with Gasteiger partial charge in [-0.2, -0.15) is 0 Å². The summed E-state index contributed by atoms with van der Waals surface area (Å²) in [6.07, 6.45) is 5.71. The van der Waals surface area contributed by atoms with Gasteiger partial charge in [0.2, 0.25) is 0 Å². The topological polar surface area (TPSA) is 15.3 Å². The average molecular weight is 278 g/mol. The fourth-order valence-electron chi connectivity index (χ4n) is 5.32. The molecule has 2 bridgehead atoms. The van der Waals surface area contributed by atoms with E-state index in [9.17, 15) is 0 Å². The molecule has 0 spiro atoms. The molecule has 3 fully saturated rings. The Labute approximate surface area is 125 Å². The van der Waals surface area contributed by atoms with E-state index in [2.05, 4.69) is 44.8 Å². The fourth-order valence-corrected chi connectivity index (χ4v) is 5.32. The van der Waals surface area contributed by atoms with Gasteiger partial charge < -0.3 is 10.2 Å². The van der Waals surface area contributed by atoms with Crippen LogP contribution in [0.25, 0.3) is 0 Å². The lowest BCUT2D eigenvalue weighted by Gasteiger charge is -2.40. The predicted molar refractivity (Wildman–Crippen MR) is 85.8 cm³/mol. The molecule has 4 unspecified atom stereocenters. The van der Waals surface area contributed by atoms with Crippen LogP contribution in [0.5, 0.6) is 0 Å². The highest BCUT2D eigenvalue weighted by Gasteiger charge is 2.61. The standard InChI is InChI=1S/C18H34N2/c1-13(2)20-9-7-14(12-20)11-19-16-10-15-6-8-18(16,5)17(15,3)4/h13-16,19H,6-12H2,1-5H3. The van der Waals surface area contributed by atoms with Gasteiger partial charge in [0.25, 0.3) is 0 Å². The first-order valence-corrected chi connectivity index (χ1v) is 8.82. The lowest BCUT2D eigenvalue weighted by atomic mass is 9.69. The van der Waals surface area contributed by atoms with E-state index in [1.54, 1.807) is 0 Å². The van der Waals surface area contributed by atoms with Gasteiger partial charge in [0.1, 0.15) is 0 Å². The van der Waals surface area contributed by atoms with Gasteiger partial charge in [-0.1, -0.05) is 20.8 Å².